The van der Waals surface area contributed by atoms with Gasteiger partial charge in [-0.2, -0.15) is 9.40 Å². The van der Waals surface area contributed by atoms with Crippen molar-refractivity contribution in [2.24, 2.45) is 0 Å². The fraction of sp³-hybridized carbons (Fsp3) is 0.333. The van der Waals surface area contributed by atoms with Gasteiger partial charge in [0.15, 0.2) is 0 Å². The van der Waals surface area contributed by atoms with E-state index in [-0.39, 0.29) is 11.4 Å². The van der Waals surface area contributed by atoms with Crippen LogP contribution in [-0.2, 0) is 19.6 Å². The first-order valence-corrected chi connectivity index (χ1v) is 8.71. The molecule has 0 spiro atoms. The standard InChI is InChI=1S/C15H20N4O4S/c1-18(12-15(20)16-8-9-23-2)24(21,22)14-10-17-19(11-14)13-6-4-3-5-7-13/h3-7,10-11H,8-9,12H2,1-2H3,(H,16,20). The van der Waals surface area contributed by atoms with Crippen molar-refractivity contribution >= 4 is 15.9 Å². The summed E-state index contributed by atoms with van der Waals surface area (Å²) in [5.41, 5.74) is 0.749. The molecule has 1 N–H and O–H groups in total. The summed E-state index contributed by atoms with van der Waals surface area (Å²) in [5, 5.41) is 6.65. The number of amides is 1. The van der Waals surface area contributed by atoms with E-state index in [2.05, 4.69) is 10.4 Å². The van der Waals surface area contributed by atoms with Gasteiger partial charge in [-0.15, -0.1) is 0 Å². The average Bonchev–Trinajstić information content (AvgIpc) is 3.06. The Morgan fingerprint density at radius 2 is 2.04 bits per heavy atom. The first kappa shape index (κ1) is 18.1. The Morgan fingerprint density at radius 1 is 1.33 bits per heavy atom. The fourth-order valence-corrected chi connectivity index (χ4v) is 3.04. The second kappa shape index (κ2) is 8.04. The third kappa shape index (κ3) is 4.40. The van der Waals surface area contributed by atoms with E-state index in [1.165, 1.54) is 31.2 Å². The highest BCUT2D eigenvalue weighted by Crippen LogP contribution is 2.15. The first-order chi connectivity index (χ1) is 11.4. The van der Waals surface area contributed by atoms with Crippen LogP contribution in [0.5, 0.6) is 0 Å². The molecule has 0 atom stereocenters. The van der Waals surface area contributed by atoms with Crippen molar-refractivity contribution in [2.45, 2.75) is 4.90 Å². The molecule has 0 aliphatic rings. The molecule has 0 saturated carbocycles. The second-order valence-corrected chi connectivity index (χ2v) is 7.10. The largest absolute Gasteiger partial charge is 0.383 e. The average molecular weight is 352 g/mol. The molecular formula is C15H20N4O4S. The number of hydrogen-bond donors (Lipinski definition) is 1. The highest BCUT2D eigenvalue weighted by Gasteiger charge is 2.24. The lowest BCUT2D eigenvalue weighted by molar-refractivity contribution is -0.121. The highest BCUT2D eigenvalue weighted by molar-refractivity contribution is 7.89. The summed E-state index contributed by atoms with van der Waals surface area (Å²) in [5.74, 6) is -0.395. The Hall–Kier alpha value is -2.23. The van der Waals surface area contributed by atoms with E-state index < -0.39 is 15.9 Å². The Labute approximate surface area is 141 Å². The molecule has 1 aromatic carbocycles. The maximum absolute atomic E-state index is 12.5. The zero-order valence-electron chi connectivity index (χ0n) is 13.5. The van der Waals surface area contributed by atoms with Gasteiger partial charge in [-0.1, -0.05) is 18.2 Å². The van der Waals surface area contributed by atoms with E-state index in [4.69, 9.17) is 4.74 Å². The number of methoxy groups -OCH3 is 1. The number of likely N-dealkylation sites (N-methyl/N-ethyl adjacent to an activating group) is 1. The predicted octanol–water partition coefficient (Wildman–Crippen LogP) is 0.255. The van der Waals surface area contributed by atoms with Crippen molar-refractivity contribution in [1.29, 1.82) is 0 Å². The summed E-state index contributed by atoms with van der Waals surface area (Å²) >= 11 is 0. The molecule has 1 aromatic heterocycles. The van der Waals surface area contributed by atoms with E-state index in [9.17, 15) is 13.2 Å². The lowest BCUT2D eigenvalue weighted by Gasteiger charge is -2.15. The number of nitrogens with zero attached hydrogens (tertiary/aromatic N) is 3. The number of carbonyl (C=O) groups is 1. The SMILES string of the molecule is COCCNC(=O)CN(C)S(=O)(=O)c1cnn(-c2ccccc2)c1. The number of sulfonamides is 1. The van der Waals surface area contributed by atoms with Gasteiger partial charge in [0.2, 0.25) is 15.9 Å². The van der Waals surface area contributed by atoms with Crippen LogP contribution in [0.2, 0.25) is 0 Å². The Bertz CT molecular complexity index is 774. The topological polar surface area (TPSA) is 93.5 Å². The number of aromatic nitrogens is 2. The zero-order valence-corrected chi connectivity index (χ0v) is 14.4. The summed E-state index contributed by atoms with van der Waals surface area (Å²) in [4.78, 5) is 11.8. The van der Waals surface area contributed by atoms with E-state index >= 15 is 0 Å². The Kier molecular flexibility index (Phi) is 6.07. The van der Waals surface area contributed by atoms with Gasteiger partial charge in [-0.3, -0.25) is 4.79 Å². The lowest BCUT2D eigenvalue weighted by atomic mass is 10.3. The summed E-state index contributed by atoms with van der Waals surface area (Å²) < 4.78 is 32.3. The number of rotatable bonds is 8. The van der Waals surface area contributed by atoms with Crippen molar-refractivity contribution in [3.63, 3.8) is 0 Å². The highest BCUT2D eigenvalue weighted by atomic mass is 32.2. The Morgan fingerprint density at radius 3 is 2.71 bits per heavy atom. The van der Waals surface area contributed by atoms with Crippen LogP contribution in [0.25, 0.3) is 5.69 Å². The molecule has 2 aromatic rings. The molecule has 130 valence electrons. The van der Waals surface area contributed by atoms with Crippen LogP contribution in [0, 0.1) is 0 Å². The maximum Gasteiger partial charge on any atom is 0.246 e. The van der Waals surface area contributed by atoms with Crippen molar-refractivity contribution in [3.05, 3.63) is 42.7 Å². The van der Waals surface area contributed by atoms with Gasteiger partial charge in [0.05, 0.1) is 31.2 Å². The van der Waals surface area contributed by atoms with Gasteiger partial charge >= 0.3 is 0 Å². The van der Waals surface area contributed by atoms with Gasteiger partial charge in [0, 0.05) is 20.7 Å². The molecule has 8 nitrogen and oxygen atoms in total. The van der Waals surface area contributed by atoms with Gasteiger partial charge in [0.25, 0.3) is 0 Å². The number of benzene rings is 1. The van der Waals surface area contributed by atoms with Crippen LogP contribution in [0.1, 0.15) is 0 Å². The predicted molar refractivity (Wildman–Crippen MR) is 88.3 cm³/mol. The van der Waals surface area contributed by atoms with Crippen LogP contribution in [0.4, 0.5) is 0 Å². The number of ether oxygens (including phenoxy) is 1. The fourth-order valence-electron chi connectivity index (χ4n) is 1.98. The quantitative estimate of drug-likeness (QED) is 0.688. The van der Waals surface area contributed by atoms with Crippen LogP contribution >= 0.6 is 0 Å². The molecule has 0 fully saturated rings. The summed E-state index contributed by atoms with van der Waals surface area (Å²) in [6.45, 7) is 0.420. The van der Waals surface area contributed by atoms with Gasteiger partial charge < -0.3 is 10.1 Å². The Balaban J connectivity index is 2.07. The molecule has 2 rings (SSSR count). The number of nitrogens with one attached hydrogen (secondary N) is 1. The van der Waals surface area contributed by atoms with Crippen molar-refractivity contribution in [3.8, 4) is 5.69 Å². The van der Waals surface area contributed by atoms with Crippen molar-refractivity contribution in [2.75, 3.05) is 33.9 Å². The third-order valence-corrected chi connectivity index (χ3v) is 5.04. The molecule has 0 aliphatic heterocycles. The van der Waals surface area contributed by atoms with E-state index in [1.807, 2.05) is 30.3 Å². The molecule has 0 radical (unpaired) electrons. The van der Waals surface area contributed by atoms with Crippen LogP contribution in [0.3, 0.4) is 0 Å². The van der Waals surface area contributed by atoms with Crippen LogP contribution in [-0.4, -0.2) is 62.3 Å². The molecule has 0 bridgehead atoms. The first-order valence-electron chi connectivity index (χ1n) is 7.27. The normalized spacial score (nSPS) is 11.6. The maximum atomic E-state index is 12.5. The minimum atomic E-state index is -3.79. The molecule has 24 heavy (non-hydrogen) atoms. The van der Waals surface area contributed by atoms with E-state index in [1.54, 1.807) is 0 Å². The molecule has 0 aliphatic carbocycles. The van der Waals surface area contributed by atoms with Crippen LogP contribution < -0.4 is 5.32 Å². The monoisotopic (exact) mass is 352 g/mol. The van der Waals surface area contributed by atoms with E-state index in [0.717, 1.165) is 9.99 Å². The molecule has 0 unspecified atom stereocenters. The van der Waals surface area contributed by atoms with Crippen molar-refractivity contribution < 1.29 is 17.9 Å². The zero-order chi connectivity index (χ0) is 17.6. The number of carbonyl (C=O) groups excluding carboxylic acids is 1. The van der Waals surface area contributed by atoms with Crippen LogP contribution in [0.15, 0.2) is 47.6 Å². The number of hydrogen-bond acceptors (Lipinski definition) is 5. The number of para-hydroxylation sites is 1. The molecule has 1 amide bonds. The third-order valence-electron chi connectivity index (χ3n) is 3.28. The lowest BCUT2D eigenvalue weighted by Crippen LogP contribution is -2.39. The molecule has 1 heterocycles. The summed E-state index contributed by atoms with van der Waals surface area (Å²) in [7, 11) is -0.921. The van der Waals surface area contributed by atoms with E-state index in [0.29, 0.717) is 13.2 Å². The van der Waals surface area contributed by atoms with Gasteiger partial charge in [-0.05, 0) is 12.1 Å². The molecular weight excluding hydrogens is 332 g/mol. The summed E-state index contributed by atoms with van der Waals surface area (Å²) in [6, 6.07) is 9.16. The van der Waals surface area contributed by atoms with Gasteiger partial charge in [0.1, 0.15) is 4.90 Å². The van der Waals surface area contributed by atoms with Crippen molar-refractivity contribution in [1.82, 2.24) is 19.4 Å². The molecule has 9 heteroatoms. The molecule has 0 saturated heterocycles. The smallest absolute Gasteiger partial charge is 0.246 e. The van der Waals surface area contributed by atoms with Gasteiger partial charge in [-0.25, -0.2) is 13.1 Å². The minimum absolute atomic E-state index is 0.0264. The summed E-state index contributed by atoms with van der Waals surface area (Å²) in [6.07, 6.45) is 2.69. The second-order valence-electron chi connectivity index (χ2n) is 5.06. The minimum Gasteiger partial charge on any atom is -0.383 e.